The highest BCUT2D eigenvalue weighted by atomic mass is 19.4. The number of aryl methyl sites for hydroxylation is 2. The van der Waals surface area contributed by atoms with Crippen LogP contribution in [-0.2, 0) is 19.1 Å². The van der Waals surface area contributed by atoms with Gasteiger partial charge in [0.1, 0.15) is 11.6 Å². The van der Waals surface area contributed by atoms with E-state index in [-0.39, 0.29) is 11.9 Å². The van der Waals surface area contributed by atoms with Crippen molar-refractivity contribution in [1.82, 2.24) is 19.9 Å². The van der Waals surface area contributed by atoms with Gasteiger partial charge in [-0.3, -0.25) is 5.32 Å². The predicted molar refractivity (Wildman–Crippen MR) is 85.0 cm³/mol. The Kier molecular flexibility index (Phi) is 4.65. The molecule has 0 unspecified atom stereocenters. The third kappa shape index (κ3) is 4.28. The number of carbonyl (C=O) groups excluding carboxylic acids is 1. The van der Waals surface area contributed by atoms with E-state index < -0.39 is 11.9 Å². The number of hydrogen-bond donors (Lipinski definition) is 2. The lowest BCUT2D eigenvalue weighted by Crippen LogP contribution is -2.36. The summed E-state index contributed by atoms with van der Waals surface area (Å²) >= 11 is 0. The number of amides is 2. The number of nitrogens with zero attached hydrogens (tertiary/aromatic N) is 3. The van der Waals surface area contributed by atoms with Crippen LogP contribution in [0.3, 0.4) is 0 Å². The van der Waals surface area contributed by atoms with Crippen molar-refractivity contribution < 1.29 is 18.0 Å². The van der Waals surface area contributed by atoms with E-state index in [4.69, 9.17) is 0 Å². The Morgan fingerprint density at radius 3 is 2.88 bits per heavy atom. The lowest BCUT2D eigenvalue weighted by atomic mass is 9.99. The van der Waals surface area contributed by atoms with Gasteiger partial charge in [0.2, 0.25) is 0 Å². The highest BCUT2D eigenvalue weighted by Gasteiger charge is 2.35. The number of urea groups is 1. The molecule has 1 aliphatic heterocycles. The fraction of sp³-hybridized carbons (Fsp3) is 0.438. The van der Waals surface area contributed by atoms with Crippen LogP contribution in [0.5, 0.6) is 0 Å². The first-order valence-electron chi connectivity index (χ1n) is 7.92. The van der Waals surface area contributed by atoms with Crippen molar-refractivity contribution in [3.05, 3.63) is 41.6 Å². The second-order valence-corrected chi connectivity index (χ2v) is 6.15. The summed E-state index contributed by atoms with van der Waals surface area (Å²) in [5.41, 5.74) is 0.127. The quantitative estimate of drug-likeness (QED) is 0.891. The van der Waals surface area contributed by atoms with Gasteiger partial charge in [-0.05, 0) is 30.9 Å². The Labute approximate surface area is 142 Å². The molecular weight excluding hydrogens is 335 g/mol. The van der Waals surface area contributed by atoms with Crippen molar-refractivity contribution in [2.24, 2.45) is 5.92 Å². The maximum atomic E-state index is 12.7. The Balaban J connectivity index is 1.52. The van der Waals surface area contributed by atoms with E-state index in [1.54, 1.807) is 12.3 Å². The largest absolute Gasteiger partial charge is 0.434 e. The summed E-state index contributed by atoms with van der Waals surface area (Å²) in [7, 11) is 0. The molecule has 1 atom stereocenters. The minimum atomic E-state index is -4.43. The van der Waals surface area contributed by atoms with E-state index in [0.717, 1.165) is 11.8 Å². The van der Waals surface area contributed by atoms with Gasteiger partial charge >= 0.3 is 12.2 Å². The molecule has 9 heteroatoms. The van der Waals surface area contributed by atoms with Gasteiger partial charge in [-0.2, -0.15) is 13.2 Å². The molecule has 0 saturated carbocycles. The summed E-state index contributed by atoms with van der Waals surface area (Å²) in [5, 5.41) is 5.36. The zero-order valence-electron chi connectivity index (χ0n) is 13.6. The third-order valence-electron chi connectivity index (χ3n) is 4.08. The molecule has 0 aliphatic carbocycles. The molecule has 0 saturated heterocycles. The van der Waals surface area contributed by atoms with Crippen molar-refractivity contribution >= 4 is 11.8 Å². The number of fused-ring (bicyclic) bond motifs is 1. The summed E-state index contributed by atoms with van der Waals surface area (Å²) in [6.45, 7) is 2.67. The topological polar surface area (TPSA) is 71.8 Å². The predicted octanol–water partition coefficient (Wildman–Crippen LogP) is 2.99. The van der Waals surface area contributed by atoms with E-state index in [2.05, 4.69) is 20.6 Å². The molecule has 2 amide bonds. The molecular formula is C16H18F3N5O. The van der Waals surface area contributed by atoms with E-state index in [9.17, 15) is 18.0 Å². The van der Waals surface area contributed by atoms with Crippen LogP contribution in [-0.4, -0.2) is 27.1 Å². The lowest BCUT2D eigenvalue weighted by molar-refractivity contribution is -0.141. The minimum absolute atomic E-state index is 0.0551. The van der Waals surface area contributed by atoms with Crippen LogP contribution >= 0.6 is 0 Å². The molecule has 3 heterocycles. The average Bonchev–Trinajstić information content (AvgIpc) is 2.99. The van der Waals surface area contributed by atoms with Crippen LogP contribution in [0.1, 0.15) is 23.5 Å². The fourth-order valence-electron chi connectivity index (χ4n) is 2.76. The standard InChI is InChI=1S/C16H18F3N5O/c1-10-2-4-13(20-6-10)23-15(25)21-7-11-3-5-14-22-12(16(17,18)19)9-24(14)8-11/h2,4,6,9,11H,3,5,7-8H2,1H3,(H2,20,21,23,25)/t11-/m0/s1. The minimum Gasteiger partial charge on any atom is -0.337 e. The molecule has 2 N–H and O–H groups in total. The summed E-state index contributed by atoms with van der Waals surface area (Å²) in [6, 6.07) is 3.15. The highest BCUT2D eigenvalue weighted by Crippen LogP contribution is 2.30. The molecule has 0 radical (unpaired) electrons. The van der Waals surface area contributed by atoms with Gasteiger partial charge in [0.05, 0.1) is 0 Å². The maximum Gasteiger partial charge on any atom is 0.434 e. The average molecular weight is 353 g/mol. The van der Waals surface area contributed by atoms with Crippen LogP contribution in [0.25, 0.3) is 0 Å². The molecule has 2 aromatic rings. The van der Waals surface area contributed by atoms with Gasteiger partial charge in [0, 0.05) is 31.9 Å². The SMILES string of the molecule is Cc1ccc(NC(=O)NC[C@@H]2CCc3nc(C(F)(F)F)cn3C2)nc1. The van der Waals surface area contributed by atoms with Crippen molar-refractivity contribution in [3.8, 4) is 0 Å². The van der Waals surface area contributed by atoms with Crippen LogP contribution < -0.4 is 10.6 Å². The summed E-state index contributed by atoms with van der Waals surface area (Å²) < 4.78 is 39.7. The Morgan fingerprint density at radius 1 is 1.40 bits per heavy atom. The molecule has 0 fully saturated rings. The maximum absolute atomic E-state index is 12.7. The van der Waals surface area contributed by atoms with Crippen LogP contribution in [0.4, 0.5) is 23.8 Å². The molecule has 2 aromatic heterocycles. The van der Waals surface area contributed by atoms with Gasteiger partial charge in [-0.1, -0.05) is 6.07 Å². The molecule has 0 spiro atoms. The molecule has 134 valence electrons. The number of alkyl halides is 3. The van der Waals surface area contributed by atoms with Crippen molar-refractivity contribution in [3.63, 3.8) is 0 Å². The number of aromatic nitrogens is 3. The second kappa shape index (κ2) is 6.73. The molecule has 0 bridgehead atoms. The van der Waals surface area contributed by atoms with Crippen molar-refractivity contribution in [2.45, 2.75) is 32.5 Å². The van der Waals surface area contributed by atoms with Gasteiger partial charge < -0.3 is 9.88 Å². The molecule has 6 nitrogen and oxygen atoms in total. The first-order chi connectivity index (χ1) is 11.8. The number of carbonyl (C=O) groups is 1. The van der Waals surface area contributed by atoms with Gasteiger partial charge in [0.15, 0.2) is 5.69 Å². The molecule has 25 heavy (non-hydrogen) atoms. The highest BCUT2D eigenvalue weighted by molar-refractivity contribution is 5.88. The van der Waals surface area contributed by atoms with Crippen molar-refractivity contribution in [2.75, 3.05) is 11.9 Å². The number of pyridine rings is 1. The second-order valence-electron chi connectivity index (χ2n) is 6.15. The zero-order chi connectivity index (χ0) is 18.0. The summed E-state index contributed by atoms with van der Waals surface area (Å²) in [4.78, 5) is 19.6. The first-order valence-corrected chi connectivity index (χ1v) is 7.92. The fourth-order valence-corrected chi connectivity index (χ4v) is 2.76. The molecule has 3 rings (SSSR count). The summed E-state index contributed by atoms with van der Waals surface area (Å²) in [5.74, 6) is 0.940. The normalized spacial score (nSPS) is 17.0. The third-order valence-corrected chi connectivity index (χ3v) is 4.08. The van der Waals surface area contributed by atoms with E-state index in [1.165, 1.54) is 4.57 Å². The van der Waals surface area contributed by atoms with Crippen molar-refractivity contribution in [1.29, 1.82) is 0 Å². The van der Waals surface area contributed by atoms with Gasteiger partial charge in [0.25, 0.3) is 0 Å². The Morgan fingerprint density at radius 2 is 2.20 bits per heavy atom. The smallest absolute Gasteiger partial charge is 0.337 e. The Hall–Kier alpha value is -2.58. The first kappa shape index (κ1) is 17.2. The van der Waals surface area contributed by atoms with Gasteiger partial charge in [-0.25, -0.2) is 14.8 Å². The number of imidazole rings is 1. The number of halogens is 3. The number of rotatable bonds is 3. The van der Waals surface area contributed by atoms with Crippen LogP contribution in [0, 0.1) is 12.8 Å². The Bertz CT molecular complexity index is 754. The zero-order valence-corrected chi connectivity index (χ0v) is 13.6. The van der Waals surface area contributed by atoms with Crippen LogP contribution in [0.2, 0.25) is 0 Å². The lowest BCUT2D eigenvalue weighted by Gasteiger charge is -2.23. The monoisotopic (exact) mass is 353 g/mol. The molecule has 1 aliphatic rings. The molecule has 0 aromatic carbocycles. The number of nitrogens with one attached hydrogen (secondary N) is 2. The van der Waals surface area contributed by atoms with E-state index in [1.807, 2.05) is 13.0 Å². The number of hydrogen-bond acceptors (Lipinski definition) is 3. The van der Waals surface area contributed by atoms with E-state index >= 15 is 0 Å². The van der Waals surface area contributed by atoms with Gasteiger partial charge in [-0.15, -0.1) is 0 Å². The summed E-state index contributed by atoms with van der Waals surface area (Å²) in [6.07, 6.45) is -0.604. The van der Waals surface area contributed by atoms with Crippen LogP contribution in [0.15, 0.2) is 24.5 Å². The van der Waals surface area contributed by atoms with E-state index in [0.29, 0.717) is 37.6 Å². The number of anilines is 1.